The number of aromatic nitrogens is 2. The summed E-state index contributed by atoms with van der Waals surface area (Å²) >= 11 is 3.49. The Morgan fingerprint density at radius 2 is 1.82 bits per heavy atom. The van der Waals surface area contributed by atoms with E-state index in [9.17, 15) is 5.26 Å². The number of fused-ring (bicyclic) bond motifs is 3. The second-order valence-electron chi connectivity index (χ2n) is 5.03. The molecule has 4 heteroatoms. The minimum atomic E-state index is 0.624. The summed E-state index contributed by atoms with van der Waals surface area (Å²) in [6, 6.07) is 20.1. The molecule has 0 saturated heterocycles. The lowest BCUT2D eigenvalue weighted by Gasteiger charge is -2.08. The molecular formula is C18H10BrN3. The second-order valence-corrected chi connectivity index (χ2v) is 5.95. The molecule has 0 aliphatic rings. The summed E-state index contributed by atoms with van der Waals surface area (Å²) in [7, 11) is 0. The van der Waals surface area contributed by atoms with Crippen LogP contribution in [0, 0.1) is 11.3 Å². The van der Waals surface area contributed by atoms with Crippen LogP contribution in [0.5, 0.6) is 0 Å². The molecule has 0 N–H and O–H groups in total. The molecule has 2 aromatic heterocycles. The second kappa shape index (κ2) is 4.97. The Bertz CT molecular complexity index is 1000. The highest BCUT2D eigenvalue weighted by atomic mass is 79.9. The number of hydrogen-bond acceptors (Lipinski definition) is 2. The van der Waals surface area contributed by atoms with E-state index in [2.05, 4.69) is 49.7 Å². The van der Waals surface area contributed by atoms with Crippen molar-refractivity contribution in [2.24, 2.45) is 0 Å². The summed E-state index contributed by atoms with van der Waals surface area (Å²) in [5.74, 6) is 0. The fraction of sp³-hybridized carbons (Fsp3) is 0. The van der Waals surface area contributed by atoms with Crippen molar-refractivity contribution >= 4 is 37.9 Å². The fourth-order valence-corrected chi connectivity index (χ4v) is 3.31. The molecule has 2 heterocycles. The van der Waals surface area contributed by atoms with Gasteiger partial charge in [0.05, 0.1) is 28.2 Å². The van der Waals surface area contributed by atoms with Gasteiger partial charge in [0.1, 0.15) is 0 Å². The molecule has 0 amide bonds. The van der Waals surface area contributed by atoms with Crippen LogP contribution >= 0.6 is 15.9 Å². The number of hydrogen-bond donors (Lipinski definition) is 0. The van der Waals surface area contributed by atoms with E-state index in [1.807, 2.05) is 36.4 Å². The lowest BCUT2D eigenvalue weighted by Crippen LogP contribution is -1.95. The molecule has 0 fully saturated rings. The zero-order valence-corrected chi connectivity index (χ0v) is 13.1. The van der Waals surface area contributed by atoms with Gasteiger partial charge in [-0.1, -0.05) is 34.1 Å². The van der Waals surface area contributed by atoms with Gasteiger partial charge >= 0.3 is 0 Å². The minimum Gasteiger partial charge on any atom is -0.308 e. The quantitative estimate of drug-likeness (QED) is 0.495. The molecule has 0 radical (unpaired) electrons. The van der Waals surface area contributed by atoms with Crippen LogP contribution in [-0.2, 0) is 0 Å². The summed E-state index contributed by atoms with van der Waals surface area (Å²) in [6.07, 6.45) is 1.81. The summed E-state index contributed by atoms with van der Waals surface area (Å²) in [5, 5.41) is 10.3. The van der Waals surface area contributed by atoms with E-state index in [4.69, 9.17) is 0 Å². The maximum atomic E-state index is 9.22. The number of rotatable bonds is 1. The minimum absolute atomic E-state index is 0.624. The Hall–Kier alpha value is -2.64. The van der Waals surface area contributed by atoms with Gasteiger partial charge < -0.3 is 4.57 Å². The molecule has 0 aliphatic carbocycles. The maximum Gasteiger partial charge on any atom is 0.0992 e. The van der Waals surface area contributed by atoms with Crippen LogP contribution in [0.1, 0.15) is 5.56 Å². The lowest BCUT2D eigenvalue weighted by molar-refractivity contribution is 1.17. The molecule has 0 saturated carbocycles. The molecule has 0 bridgehead atoms. The van der Waals surface area contributed by atoms with Crippen LogP contribution in [0.3, 0.4) is 0 Å². The average molecular weight is 348 g/mol. The molecule has 2 aromatic carbocycles. The first kappa shape index (κ1) is 13.1. The van der Waals surface area contributed by atoms with Gasteiger partial charge in [-0.25, -0.2) is 0 Å². The molecule has 0 unspecified atom stereocenters. The van der Waals surface area contributed by atoms with Gasteiger partial charge in [-0.05, 0) is 36.4 Å². The molecule has 4 rings (SSSR count). The van der Waals surface area contributed by atoms with Crippen molar-refractivity contribution in [3.05, 3.63) is 70.8 Å². The summed E-state index contributed by atoms with van der Waals surface area (Å²) in [6.45, 7) is 0. The van der Waals surface area contributed by atoms with E-state index in [-0.39, 0.29) is 0 Å². The monoisotopic (exact) mass is 347 g/mol. The third kappa shape index (κ3) is 1.91. The number of halogens is 1. The third-order valence-electron chi connectivity index (χ3n) is 3.70. The van der Waals surface area contributed by atoms with Gasteiger partial charge in [-0.15, -0.1) is 0 Å². The largest absolute Gasteiger partial charge is 0.308 e. The zero-order valence-electron chi connectivity index (χ0n) is 11.5. The highest BCUT2D eigenvalue weighted by Crippen LogP contribution is 2.31. The van der Waals surface area contributed by atoms with Crippen molar-refractivity contribution in [1.29, 1.82) is 5.26 Å². The standard InChI is InChI=1S/C18H10BrN3/c19-13-8-12(11-20)9-14(10-13)22-16-5-2-1-4-15(16)18-17(22)6-3-7-21-18/h1-10H. The summed E-state index contributed by atoms with van der Waals surface area (Å²) in [4.78, 5) is 4.52. The van der Waals surface area contributed by atoms with Crippen molar-refractivity contribution in [2.45, 2.75) is 0 Å². The van der Waals surface area contributed by atoms with E-state index in [0.717, 1.165) is 32.1 Å². The van der Waals surface area contributed by atoms with E-state index >= 15 is 0 Å². The molecule has 0 spiro atoms. The molecule has 22 heavy (non-hydrogen) atoms. The highest BCUT2D eigenvalue weighted by molar-refractivity contribution is 9.10. The van der Waals surface area contributed by atoms with Crippen LogP contribution in [-0.4, -0.2) is 9.55 Å². The van der Waals surface area contributed by atoms with Gasteiger partial charge in [-0.3, -0.25) is 4.98 Å². The fourth-order valence-electron chi connectivity index (χ4n) is 2.83. The van der Waals surface area contributed by atoms with Gasteiger partial charge in [0.15, 0.2) is 0 Å². The van der Waals surface area contributed by atoms with Gasteiger partial charge in [0, 0.05) is 21.7 Å². The van der Waals surface area contributed by atoms with Crippen molar-refractivity contribution < 1.29 is 0 Å². The molecule has 4 aromatic rings. The maximum absolute atomic E-state index is 9.22. The summed E-state index contributed by atoms with van der Waals surface area (Å²) < 4.78 is 3.03. The number of para-hydroxylation sites is 1. The predicted octanol–water partition coefficient (Wildman–Crippen LogP) is 4.81. The van der Waals surface area contributed by atoms with Crippen LogP contribution in [0.25, 0.3) is 27.6 Å². The van der Waals surface area contributed by atoms with Crippen molar-refractivity contribution in [1.82, 2.24) is 9.55 Å². The third-order valence-corrected chi connectivity index (χ3v) is 4.16. The number of nitriles is 1. The van der Waals surface area contributed by atoms with E-state index < -0.39 is 0 Å². The lowest BCUT2D eigenvalue weighted by atomic mass is 10.2. The predicted molar refractivity (Wildman–Crippen MR) is 91.0 cm³/mol. The van der Waals surface area contributed by atoms with Crippen LogP contribution < -0.4 is 0 Å². The molecule has 104 valence electrons. The molecule has 3 nitrogen and oxygen atoms in total. The van der Waals surface area contributed by atoms with E-state index in [1.54, 1.807) is 6.20 Å². The highest BCUT2D eigenvalue weighted by Gasteiger charge is 2.13. The summed E-state index contributed by atoms with van der Waals surface area (Å²) in [5.41, 5.74) is 4.66. The first-order valence-electron chi connectivity index (χ1n) is 6.83. The number of benzene rings is 2. The molecular weight excluding hydrogens is 338 g/mol. The Balaban J connectivity index is 2.18. The first-order chi connectivity index (χ1) is 10.8. The Labute approximate surface area is 135 Å². The van der Waals surface area contributed by atoms with Gasteiger partial charge in [0.2, 0.25) is 0 Å². The SMILES string of the molecule is N#Cc1cc(Br)cc(-n2c3ccccc3c3ncccc32)c1. The van der Waals surface area contributed by atoms with E-state index in [1.165, 1.54) is 0 Å². The molecule has 0 aliphatic heterocycles. The first-order valence-corrected chi connectivity index (χ1v) is 7.62. The van der Waals surface area contributed by atoms with Crippen molar-refractivity contribution in [3.63, 3.8) is 0 Å². The van der Waals surface area contributed by atoms with Crippen molar-refractivity contribution in [3.8, 4) is 11.8 Å². The van der Waals surface area contributed by atoms with Crippen LogP contribution in [0.15, 0.2) is 65.3 Å². The number of pyridine rings is 1. The normalized spacial score (nSPS) is 10.9. The van der Waals surface area contributed by atoms with Crippen molar-refractivity contribution in [2.75, 3.05) is 0 Å². The topological polar surface area (TPSA) is 41.6 Å². The Morgan fingerprint density at radius 1 is 1.00 bits per heavy atom. The Morgan fingerprint density at radius 3 is 2.68 bits per heavy atom. The Kier molecular flexibility index (Phi) is 2.95. The van der Waals surface area contributed by atoms with Crippen LogP contribution in [0.2, 0.25) is 0 Å². The zero-order chi connectivity index (χ0) is 15.1. The van der Waals surface area contributed by atoms with Crippen LogP contribution in [0.4, 0.5) is 0 Å². The average Bonchev–Trinajstić information content (AvgIpc) is 2.89. The van der Waals surface area contributed by atoms with Gasteiger partial charge in [0.25, 0.3) is 0 Å². The van der Waals surface area contributed by atoms with E-state index in [0.29, 0.717) is 5.56 Å². The van der Waals surface area contributed by atoms with Gasteiger partial charge in [-0.2, -0.15) is 5.26 Å². The number of nitrogens with zero attached hydrogens (tertiary/aromatic N) is 3. The molecule has 0 atom stereocenters. The smallest absolute Gasteiger partial charge is 0.0992 e.